The van der Waals surface area contributed by atoms with Gasteiger partial charge in [-0.2, -0.15) is 10.5 Å². The van der Waals surface area contributed by atoms with Crippen molar-refractivity contribution in [3.05, 3.63) is 94.5 Å². The van der Waals surface area contributed by atoms with Gasteiger partial charge in [0, 0.05) is 24.3 Å². The van der Waals surface area contributed by atoms with E-state index in [9.17, 15) is 13.2 Å². The molecular weight excluding hydrogens is 460 g/mol. The van der Waals surface area contributed by atoms with Crippen molar-refractivity contribution in [2.24, 2.45) is 0 Å². The lowest BCUT2D eigenvalue weighted by Crippen LogP contribution is -2.38. The van der Waals surface area contributed by atoms with Crippen LogP contribution in [0.25, 0.3) is 0 Å². The fraction of sp³-hybridized carbons (Fsp3) is 0.222. The van der Waals surface area contributed by atoms with Crippen LogP contribution in [0.4, 0.5) is 5.69 Å². The molecular formula is C27H24N4O3S. The van der Waals surface area contributed by atoms with E-state index < -0.39 is 10.0 Å². The van der Waals surface area contributed by atoms with E-state index in [0.29, 0.717) is 30.1 Å². The Morgan fingerprint density at radius 3 is 2.29 bits per heavy atom. The Morgan fingerprint density at radius 2 is 1.63 bits per heavy atom. The molecule has 7 nitrogen and oxygen atoms in total. The number of hydrogen-bond donors (Lipinski definition) is 1. The van der Waals surface area contributed by atoms with E-state index in [1.165, 1.54) is 29.8 Å². The molecule has 0 radical (unpaired) electrons. The largest absolute Gasteiger partial charge is 0.339 e. The number of carbonyl (C=O) groups is 1. The molecule has 3 aromatic rings. The second-order valence-electron chi connectivity index (χ2n) is 8.58. The zero-order valence-corrected chi connectivity index (χ0v) is 20.0. The normalized spacial score (nSPS) is 14.1. The Balaban J connectivity index is 1.47. The lowest BCUT2D eigenvalue weighted by Gasteiger charge is -2.32. The summed E-state index contributed by atoms with van der Waals surface area (Å²) in [4.78, 5) is 15.1. The lowest BCUT2D eigenvalue weighted by atomic mass is 9.88. The summed E-state index contributed by atoms with van der Waals surface area (Å²) < 4.78 is 28.1. The molecule has 3 aromatic carbocycles. The van der Waals surface area contributed by atoms with E-state index in [1.807, 2.05) is 37.3 Å². The number of nitrogens with one attached hydrogen (secondary N) is 1. The summed E-state index contributed by atoms with van der Waals surface area (Å²) in [6.45, 7) is 3.02. The molecule has 8 heteroatoms. The summed E-state index contributed by atoms with van der Waals surface area (Å²) >= 11 is 0. The fourth-order valence-electron chi connectivity index (χ4n) is 4.28. The number of nitrogens with zero attached hydrogens (tertiary/aromatic N) is 3. The Labute approximate surface area is 205 Å². The highest BCUT2D eigenvalue weighted by Gasteiger charge is 2.26. The SMILES string of the molecule is Cc1ccc(NS(=O)(=O)c2cccc(C#N)c2)cc1C(=O)N1CCC(c2ccc(C#N)cc2)CC1. The van der Waals surface area contributed by atoms with Crippen LogP contribution in [-0.2, 0) is 10.0 Å². The quantitative estimate of drug-likeness (QED) is 0.570. The van der Waals surface area contributed by atoms with Gasteiger partial charge in [-0.15, -0.1) is 0 Å². The second kappa shape index (κ2) is 10.0. The van der Waals surface area contributed by atoms with Crippen LogP contribution in [-0.4, -0.2) is 32.3 Å². The monoisotopic (exact) mass is 484 g/mol. The molecule has 35 heavy (non-hydrogen) atoms. The van der Waals surface area contributed by atoms with Crippen LogP contribution in [0.1, 0.15) is 51.4 Å². The zero-order valence-electron chi connectivity index (χ0n) is 19.2. The van der Waals surface area contributed by atoms with Crippen LogP contribution >= 0.6 is 0 Å². The van der Waals surface area contributed by atoms with Crippen molar-refractivity contribution in [1.82, 2.24) is 4.90 Å². The van der Waals surface area contributed by atoms with Crippen molar-refractivity contribution < 1.29 is 13.2 Å². The van der Waals surface area contributed by atoms with Crippen molar-refractivity contribution in [3.63, 3.8) is 0 Å². The highest BCUT2D eigenvalue weighted by atomic mass is 32.2. The first-order valence-corrected chi connectivity index (χ1v) is 12.7. The molecule has 176 valence electrons. The van der Waals surface area contributed by atoms with Gasteiger partial charge in [0.25, 0.3) is 15.9 Å². The van der Waals surface area contributed by atoms with E-state index in [4.69, 9.17) is 10.5 Å². The summed E-state index contributed by atoms with van der Waals surface area (Å²) in [6, 6.07) is 22.3. The average molecular weight is 485 g/mol. The summed E-state index contributed by atoms with van der Waals surface area (Å²) in [5, 5.41) is 18.0. The van der Waals surface area contributed by atoms with Gasteiger partial charge in [-0.3, -0.25) is 9.52 Å². The van der Waals surface area contributed by atoms with Gasteiger partial charge < -0.3 is 4.90 Å². The summed E-state index contributed by atoms with van der Waals surface area (Å²) in [7, 11) is -3.92. The Morgan fingerprint density at radius 1 is 0.943 bits per heavy atom. The van der Waals surface area contributed by atoms with Crippen molar-refractivity contribution >= 4 is 21.6 Å². The molecule has 1 fully saturated rings. The molecule has 0 unspecified atom stereocenters. The maximum atomic E-state index is 13.3. The molecule has 1 N–H and O–H groups in total. The highest BCUT2D eigenvalue weighted by Crippen LogP contribution is 2.30. The minimum atomic E-state index is -3.92. The highest BCUT2D eigenvalue weighted by molar-refractivity contribution is 7.92. The van der Waals surface area contributed by atoms with Crippen molar-refractivity contribution in [2.45, 2.75) is 30.6 Å². The molecule has 0 atom stereocenters. The van der Waals surface area contributed by atoms with Gasteiger partial charge in [0.15, 0.2) is 0 Å². The van der Waals surface area contributed by atoms with E-state index in [2.05, 4.69) is 10.8 Å². The van der Waals surface area contributed by atoms with Gasteiger partial charge in [-0.05, 0) is 79.3 Å². The van der Waals surface area contributed by atoms with E-state index in [0.717, 1.165) is 18.4 Å². The number of nitriles is 2. The average Bonchev–Trinajstić information content (AvgIpc) is 2.89. The van der Waals surface area contributed by atoms with Crippen LogP contribution < -0.4 is 4.72 Å². The molecule has 0 spiro atoms. The molecule has 1 heterocycles. The molecule has 1 aliphatic heterocycles. The third kappa shape index (κ3) is 5.34. The van der Waals surface area contributed by atoms with Crippen molar-refractivity contribution in [1.29, 1.82) is 10.5 Å². The number of amides is 1. The number of anilines is 1. The maximum absolute atomic E-state index is 13.3. The Kier molecular flexibility index (Phi) is 6.86. The van der Waals surface area contributed by atoms with E-state index in [-0.39, 0.29) is 22.1 Å². The number of sulfonamides is 1. The molecule has 1 aliphatic rings. The van der Waals surface area contributed by atoms with Gasteiger partial charge >= 0.3 is 0 Å². The van der Waals surface area contributed by atoms with Gasteiger partial charge in [0.2, 0.25) is 0 Å². The van der Waals surface area contributed by atoms with Crippen LogP contribution in [0.15, 0.2) is 71.6 Å². The minimum absolute atomic E-state index is 0.0186. The van der Waals surface area contributed by atoms with Gasteiger partial charge in [0.1, 0.15) is 0 Å². The smallest absolute Gasteiger partial charge is 0.261 e. The number of likely N-dealkylation sites (tertiary alicyclic amines) is 1. The maximum Gasteiger partial charge on any atom is 0.261 e. The number of rotatable bonds is 5. The number of aryl methyl sites for hydroxylation is 1. The first-order valence-electron chi connectivity index (χ1n) is 11.2. The van der Waals surface area contributed by atoms with Gasteiger partial charge in [0.05, 0.1) is 28.2 Å². The molecule has 0 aliphatic carbocycles. The number of benzene rings is 3. The van der Waals surface area contributed by atoms with Crippen LogP contribution in [0, 0.1) is 29.6 Å². The number of hydrogen-bond acceptors (Lipinski definition) is 5. The minimum Gasteiger partial charge on any atom is -0.339 e. The van der Waals surface area contributed by atoms with E-state index in [1.54, 1.807) is 23.1 Å². The third-order valence-electron chi connectivity index (χ3n) is 6.29. The molecule has 0 bridgehead atoms. The molecule has 1 saturated heterocycles. The van der Waals surface area contributed by atoms with Crippen LogP contribution in [0.5, 0.6) is 0 Å². The van der Waals surface area contributed by atoms with Crippen LogP contribution in [0.2, 0.25) is 0 Å². The third-order valence-corrected chi connectivity index (χ3v) is 7.67. The van der Waals surface area contributed by atoms with Gasteiger partial charge in [-0.1, -0.05) is 24.3 Å². The van der Waals surface area contributed by atoms with Crippen LogP contribution in [0.3, 0.4) is 0 Å². The predicted octanol–water partition coefficient (Wildman–Crippen LogP) is 4.56. The zero-order chi connectivity index (χ0) is 25.0. The topological polar surface area (TPSA) is 114 Å². The van der Waals surface area contributed by atoms with Crippen molar-refractivity contribution in [2.75, 3.05) is 17.8 Å². The molecule has 0 saturated carbocycles. The molecule has 0 aromatic heterocycles. The summed E-state index contributed by atoms with van der Waals surface area (Å²) in [5.74, 6) is 0.198. The van der Waals surface area contributed by atoms with Crippen molar-refractivity contribution in [3.8, 4) is 12.1 Å². The molecule has 1 amide bonds. The Bertz CT molecular complexity index is 1440. The second-order valence-corrected chi connectivity index (χ2v) is 10.3. The number of carbonyl (C=O) groups excluding carboxylic acids is 1. The fourth-order valence-corrected chi connectivity index (χ4v) is 5.37. The summed E-state index contributed by atoms with van der Waals surface area (Å²) in [5.41, 5.74) is 3.55. The Hall–Kier alpha value is -4.14. The molecule has 4 rings (SSSR count). The predicted molar refractivity (Wildman–Crippen MR) is 132 cm³/mol. The lowest BCUT2D eigenvalue weighted by molar-refractivity contribution is 0.0712. The standard InChI is InChI=1S/C27H24N4O3S/c1-19-5-10-24(30-35(33,34)25-4-2-3-21(15-25)18-29)16-26(19)27(32)31-13-11-23(12-14-31)22-8-6-20(17-28)7-9-22/h2-10,15-16,23,30H,11-14H2,1H3. The van der Waals surface area contributed by atoms with E-state index >= 15 is 0 Å². The first-order chi connectivity index (χ1) is 16.8. The van der Waals surface area contributed by atoms with Gasteiger partial charge in [-0.25, -0.2) is 8.42 Å². The summed E-state index contributed by atoms with van der Waals surface area (Å²) in [6.07, 6.45) is 1.64. The number of piperidine rings is 1. The first kappa shape index (κ1) is 24.0.